The van der Waals surface area contributed by atoms with Gasteiger partial charge in [-0.2, -0.15) is 0 Å². The van der Waals surface area contributed by atoms with E-state index in [2.05, 4.69) is 35.7 Å². The molecule has 236 valence electrons. The molecule has 46 heavy (non-hydrogen) atoms. The number of benzene rings is 3. The number of nitrogens with one attached hydrogen (secondary N) is 1. The summed E-state index contributed by atoms with van der Waals surface area (Å²) in [5, 5.41) is 4.08. The highest BCUT2D eigenvalue weighted by Gasteiger charge is 2.26. The summed E-state index contributed by atoms with van der Waals surface area (Å²) in [5.74, 6) is 1.08. The zero-order valence-corrected chi connectivity index (χ0v) is 26.2. The standard InChI is InChI=1S/C37H35ClN2O6/c38-27-13-9-24(10-14-27)17-28(39-37(43)35-19-31(41)30-18-33-34(45-22-44-33)20-32(30)46-35)16-23-7-11-25(12-8-23)29-5-2-1-4-26(29)21-40-15-3-6-36(40)42/h1-2,4-5,9-10,13-14,16,18-20,25,28H,3,6-8,11-12,15,17,21-22H2,(H,39,43)/t25?,28-/m0/s1. The topological polar surface area (TPSA) is 98.1 Å². The number of carbonyl (C=O) groups excluding carboxylic acids is 2. The molecule has 0 spiro atoms. The van der Waals surface area contributed by atoms with Gasteiger partial charge < -0.3 is 24.1 Å². The van der Waals surface area contributed by atoms with Crippen molar-refractivity contribution in [1.82, 2.24) is 10.2 Å². The molecule has 1 saturated heterocycles. The van der Waals surface area contributed by atoms with Gasteiger partial charge >= 0.3 is 0 Å². The van der Waals surface area contributed by atoms with Gasteiger partial charge in [-0.3, -0.25) is 14.4 Å². The van der Waals surface area contributed by atoms with E-state index < -0.39 is 5.91 Å². The minimum Gasteiger partial charge on any atom is -0.454 e. The number of amides is 2. The van der Waals surface area contributed by atoms with Gasteiger partial charge in [0.05, 0.1) is 11.4 Å². The van der Waals surface area contributed by atoms with Gasteiger partial charge in [0, 0.05) is 36.7 Å². The first-order valence-corrected chi connectivity index (χ1v) is 16.3. The molecule has 1 N–H and O–H groups in total. The average Bonchev–Trinajstić information content (AvgIpc) is 3.69. The molecular weight excluding hydrogens is 604 g/mol. The summed E-state index contributed by atoms with van der Waals surface area (Å²) in [7, 11) is 0. The molecule has 0 bridgehead atoms. The average molecular weight is 639 g/mol. The summed E-state index contributed by atoms with van der Waals surface area (Å²) < 4.78 is 16.7. The summed E-state index contributed by atoms with van der Waals surface area (Å²) in [6, 6.07) is 20.2. The molecule has 8 nitrogen and oxygen atoms in total. The maximum absolute atomic E-state index is 13.5. The number of fused-ring (bicyclic) bond motifs is 2. The molecule has 0 radical (unpaired) electrons. The molecule has 3 aromatic carbocycles. The Morgan fingerprint density at radius 2 is 1.74 bits per heavy atom. The molecule has 1 saturated carbocycles. The van der Waals surface area contributed by atoms with Gasteiger partial charge in [-0.1, -0.05) is 59.6 Å². The van der Waals surface area contributed by atoms with E-state index in [0.29, 0.717) is 47.2 Å². The predicted octanol–water partition coefficient (Wildman–Crippen LogP) is 6.92. The van der Waals surface area contributed by atoms with Crippen LogP contribution in [0.25, 0.3) is 11.0 Å². The molecule has 2 aliphatic heterocycles. The van der Waals surface area contributed by atoms with Crippen LogP contribution >= 0.6 is 11.6 Å². The Bertz CT molecular complexity index is 1870. The van der Waals surface area contributed by atoms with Crippen molar-refractivity contribution in [3.8, 4) is 11.5 Å². The highest BCUT2D eigenvalue weighted by Crippen LogP contribution is 2.38. The van der Waals surface area contributed by atoms with E-state index in [4.69, 9.17) is 25.5 Å². The molecule has 7 rings (SSSR count). The van der Waals surface area contributed by atoms with Crippen LogP contribution in [0.4, 0.5) is 0 Å². The summed E-state index contributed by atoms with van der Waals surface area (Å²) in [5.41, 5.74) is 4.83. The molecule has 9 heteroatoms. The minimum absolute atomic E-state index is 0.0623. The highest BCUT2D eigenvalue weighted by molar-refractivity contribution is 6.30. The second kappa shape index (κ2) is 13.0. The second-order valence-electron chi connectivity index (χ2n) is 12.3. The summed E-state index contributed by atoms with van der Waals surface area (Å²) in [4.78, 5) is 40.7. The quantitative estimate of drug-likeness (QED) is 0.210. The second-order valence-corrected chi connectivity index (χ2v) is 12.7. The first-order chi connectivity index (χ1) is 22.4. The van der Waals surface area contributed by atoms with Gasteiger partial charge in [-0.25, -0.2) is 0 Å². The van der Waals surface area contributed by atoms with Crippen LogP contribution in [0.3, 0.4) is 0 Å². The Hall–Kier alpha value is -4.56. The fourth-order valence-electron chi connectivity index (χ4n) is 6.83. The maximum atomic E-state index is 13.5. The van der Waals surface area contributed by atoms with E-state index in [1.807, 2.05) is 29.2 Å². The Labute approximate surface area is 271 Å². The van der Waals surface area contributed by atoms with Crippen LogP contribution in [0.2, 0.25) is 5.02 Å². The monoisotopic (exact) mass is 638 g/mol. The van der Waals surface area contributed by atoms with Gasteiger partial charge in [0.25, 0.3) is 5.91 Å². The van der Waals surface area contributed by atoms with Crippen LogP contribution in [0.1, 0.15) is 71.7 Å². The summed E-state index contributed by atoms with van der Waals surface area (Å²) in [6.45, 7) is 1.58. The Morgan fingerprint density at radius 3 is 2.50 bits per heavy atom. The van der Waals surface area contributed by atoms with Crippen molar-refractivity contribution in [2.45, 2.75) is 63.5 Å². The number of hydrogen-bond acceptors (Lipinski definition) is 6. The molecule has 1 aliphatic carbocycles. The van der Waals surface area contributed by atoms with Crippen molar-refractivity contribution in [2.75, 3.05) is 13.3 Å². The van der Waals surface area contributed by atoms with E-state index in [0.717, 1.165) is 44.2 Å². The third-order valence-electron chi connectivity index (χ3n) is 9.22. The Balaban J connectivity index is 1.09. The molecule has 3 heterocycles. The van der Waals surface area contributed by atoms with Crippen LogP contribution in [-0.4, -0.2) is 36.1 Å². The van der Waals surface area contributed by atoms with Crippen molar-refractivity contribution in [3.63, 3.8) is 0 Å². The molecular formula is C37H35ClN2O6. The fraction of sp³-hybridized carbons (Fsp3) is 0.324. The third-order valence-corrected chi connectivity index (χ3v) is 9.48. The lowest BCUT2D eigenvalue weighted by molar-refractivity contribution is -0.128. The Morgan fingerprint density at radius 1 is 0.978 bits per heavy atom. The van der Waals surface area contributed by atoms with Crippen molar-refractivity contribution in [1.29, 1.82) is 0 Å². The molecule has 0 unspecified atom stereocenters. The number of allylic oxidation sites excluding steroid dienone is 1. The SMILES string of the molecule is O=C(N[C@@H](C=C1CCC(c2ccccc2CN2CCCC2=O)CC1)Cc1ccc(Cl)cc1)c1cc(=O)c2cc3c(cc2o1)OCO3. The van der Waals surface area contributed by atoms with Gasteiger partial charge in [0.15, 0.2) is 22.7 Å². The van der Waals surface area contributed by atoms with Gasteiger partial charge in [-0.15, -0.1) is 0 Å². The number of nitrogens with zero attached hydrogens (tertiary/aromatic N) is 1. The van der Waals surface area contributed by atoms with Crippen LogP contribution in [0, 0.1) is 0 Å². The van der Waals surface area contributed by atoms with Crippen molar-refractivity contribution < 1.29 is 23.5 Å². The van der Waals surface area contributed by atoms with Crippen LogP contribution in [0.15, 0.2) is 87.6 Å². The lowest BCUT2D eigenvalue weighted by atomic mass is 9.79. The van der Waals surface area contributed by atoms with E-state index in [-0.39, 0.29) is 35.5 Å². The molecule has 2 amide bonds. The normalized spacial score (nSPS) is 18.2. The lowest BCUT2D eigenvalue weighted by Gasteiger charge is -2.28. The molecule has 2 fully saturated rings. The van der Waals surface area contributed by atoms with Crippen molar-refractivity contribution in [2.24, 2.45) is 0 Å². The zero-order valence-electron chi connectivity index (χ0n) is 25.4. The molecule has 1 aromatic heterocycles. The van der Waals surface area contributed by atoms with Crippen molar-refractivity contribution in [3.05, 3.63) is 116 Å². The van der Waals surface area contributed by atoms with Crippen LogP contribution < -0.4 is 20.2 Å². The van der Waals surface area contributed by atoms with E-state index in [1.165, 1.54) is 22.8 Å². The minimum atomic E-state index is -0.466. The predicted molar refractivity (Wildman–Crippen MR) is 175 cm³/mol. The van der Waals surface area contributed by atoms with Gasteiger partial charge in [0.1, 0.15) is 5.58 Å². The number of ether oxygens (including phenoxy) is 2. The smallest absolute Gasteiger partial charge is 0.287 e. The van der Waals surface area contributed by atoms with Crippen LogP contribution in [0.5, 0.6) is 11.5 Å². The first kappa shape index (κ1) is 30.1. The number of likely N-dealkylation sites (tertiary alicyclic amines) is 1. The number of hydrogen-bond donors (Lipinski definition) is 1. The largest absolute Gasteiger partial charge is 0.454 e. The first-order valence-electron chi connectivity index (χ1n) is 15.9. The number of halogens is 1. The van der Waals surface area contributed by atoms with E-state index >= 15 is 0 Å². The lowest BCUT2D eigenvalue weighted by Crippen LogP contribution is -2.36. The Kier molecular flexibility index (Phi) is 8.54. The van der Waals surface area contributed by atoms with Gasteiger partial charge in [0.2, 0.25) is 12.7 Å². The van der Waals surface area contributed by atoms with Gasteiger partial charge in [-0.05, 0) is 79.3 Å². The zero-order chi connectivity index (χ0) is 31.6. The summed E-state index contributed by atoms with van der Waals surface area (Å²) >= 11 is 6.14. The highest BCUT2D eigenvalue weighted by atomic mass is 35.5. The molecule has 3 aliphatic rings. The maximum Gasteiger partial charge on any atom is 0.287 e. The van der Waals surface area contributed by atoms with E-state index in [1.54, 1.807) is 12.1 Å². The molecule has 4 aromatic rings. The summed E-state index contributed by atoms with van der Waals surface area (Å²) in [6.07, 6.45) is 8.10. The molecule has 1 atom stereocenters. The third kappa shape index (κ3) is 6.53. The van der Waals surface area contributed by atoms with E-state index in [9.17, 15) is 14.4 Å². The fourth-order valence-corrected chi connectivity index (χ4v) is 6.95. The number of rotatable bonds is 8. The van der Waals surface area contributed by atoms with Crippen molar-refractivity contribution >= 4 is 34.4 Å². The number of carbonyl (C=O) groups is 2. The van der Waals surface area contributed by atoms with Crippen LogP contribution in [-0.2, 0) is 17.8 Å².